The molecular formula is C20H21NO3. The summed E-state index contributed by atoms with van der Waals surface area (Å²) in [7, 11) is 0. The number of rotatable bonds is 8. The molecule has 2 aromatic rings. The Labute approximate surface area is 142 Å². The van der Waals surface area contributed by atoms with Crippen LogP contribution >= 0.6 is 0 Å². The molecule has 2 aromatic carbocycles. The Kier molecular flexibility index (Phi) is 5.39. The van der Waals surface area contributed by atoms with Crippen LogP contribution in [-0.4, -0.2) is 29.9 Å². The first kappa shape index (κ1) is 16.4. The Morgan fingerprint density at radius 3 is 2.04 bits per heavy atom. The second kappa shape index (κ2) is 7.88. The Morgan fingerprint density at radius 2 is 1.38 bits per heavy atom. The molecule has 2 amide bonds. The van der Waals surface area contributed by atoms with Gasteiger partial charge in [0.1, 0.15) is 0 Å². The number of unbranched alkanes of at least 4 members (excludes halogenated alkanes) is 2. The van der Waals surface area contributed by atoms with Crippen molar-refractivity contribution in [3.05, 3.63) is 71.3 Å². The lowest BCUT2D eigenvalue weighted by molar-refractivity contribution is 0.0649. The molecule has 0 aromatic heterocycles. The van der Waals surface area contributed by atoms with Crippen LogP contribution in [0.25, 0.3) is 0 Å². The maximum absolute atomic E-state index is 12.2. The van der Waals surface area contributed by atoms with Crippen molar-refractivity contribution in [2.75, 3.05) is 13.2 Å². The van der Waals surface area contributed by atoms with Crippen LogP contribution < -0.4 is 0 Å². The van der Waals surface area contributed by atoms with Gasteiger partial charge in [-0.1, -0.05) is 42.5 Å². The van der Waals surface area contributed by atoms with E-state index in [1.54, 1.807) is 24.3 Å². The third kappa shape index (κ3) is 3.71. The van der Waals surface area contributed by atoms with Gasteiger partial charge in [0.15, 0.2) is 0 Å². The molecule has 0 radical (unpaired) electrons. The van der Waals surface area contributed by atoms with Crippen LogP contribution in [0.1, 0.15) is 45.5 Å². The van der Waals surface area contributed by atoms with Crippen LogP contribution in [-0.2, 0) is 11.3 Å². The first-order valence-corrected chi connectivity index (χ1v) is 8.34. The van der Waals surface area contributed by atoms with Crippen LogP contribution in [0.5, 0.6) is 0 Å². The van der Waals surface area contributed by atoms with E-state index in [2.05, 4.69) is 0 Å². The summed E-state index contributed by atoms with van der Waals surface area (Å²) in [5.74, 6) is -0.341. The molecule has 124 valence electrons. The van der Waals surface area contributed by atoms with Gasteiger partial charge in [-0.25, -0.2) is 0 Å². The van der Waals surface area contributed by atoms with Crippen LogP contribution in [0.3, 0.4) is 0 Å². The van der Waals surface area contributed by atoms with Crippen molar-refractivity contribution in [2.45, 2.75) is 25.9 Å². The summed E-state index contributed by atoms with van der Waals surface area (Å²) in [4.78, 5) is 25.8. The van der Waals surface area contributed by atoms with Crippen molar-refractivity contribution in [1.29, 1.82) is 0 Å². The van der Waals surface area contributed by atoms with Crippen molar-refractivity contribution in [3.8, 4) is 0 Å². The monoisotopic (exact) mass is 323 g/mol. The lowest BCUT2D eigenvalue weighted by Gasteiger charge is -2.13. The van der Waals surface area contributed by atoms with E-state index in [4.69, 9.17) is 4.74 Å². The number of amides is 2. The Balaban J connectivity index is 1.34. The molecule has 0 fully saturated rings. The van der Waals surface area contributed by atoms with Gasteiger partial charge in [-0.15, -0.1) is 0 Å². The van der Waals surface area contributed by atoms with E-state index in [1.807, 2.05) is 30.3 Å². The molecule has 0 saturated carbocycles. The Hall–Kier alpha value is -2.46. The Morgan fingerprint density at radius 1 is 0.750 bits per heavy atom. The highest BCUT2D eigenvalue weighted by atomic mass is 16.5. The van der Waals surface area contributed by atoms with E-state index >= 15 is 0 Å². The third-order valence-electron chi connectivity index (χ3n) is 4.16. The molecule has 0 spiro atoms. The standard InChI is InChI=1S/C20H21NO3/c22-19-17-11-5-6-12-18(17)20(23)21(19)13-7-2-8-14-24-15-16-9-3-1-4-10-16/h1,3-6,9-12H,2,7-8,13-15H2. The number of carbonyl (C=O) groups is 2. The first-order chi connectivity index (χ1) is 11.8. The van der Waals surface area contributed by atoms with Crippen LogP contribution in [0.4, 0.5) is 0 Å². The zero-order valence-corrected chi connectivity index (χ0v) is 13.6. The fraction of sp³-hybridized carbons (Fsp3) is 0.300. The number of imide groups is 1. The SMILES string of the molecule is O=C1c2ccccc2C(=O)N1CCCCCOCc1ccccc1. The lowest BCUT2D eigenvalue weighted by Crippen LogP contribution is -2.30. The van der Waals surface area contributed by atoms with Gasteiger partial charge >= 0.3 is 0 Å². The number of fused-ring (bicyclic) bond motifs is 1. The maximum atomic E-state index is 12.2. The highest BCUT2D eigenvalue weighted by Gasteiger charge is 2.34. The van der Waals surface area contributed by atoms with Gasteiger partial charge in [-0.2, -0.15) is 0 Å². The fourth-order valence-corrected chi connectivity index (χ4v) is 2.86. The molecule has 0 bridgehead atoms. The normalized spacial score (nSPS) is 13.4. The zero-order valence-electron chi connectivity index (χ0n) is 13.6. The molecule has 0 N–H and O–H groups in total. The van der Waals surface area contributed by atoms with Crippen molar-refractivity contribution in [1.82, 2.24) is 4.90 Å². The van der Waals surface area contributed by atoms with E-state index < -0.39 is 0 Å². The average molecular weight is 323 g/mol. The second-order valence-corrected chi connectivity index (χ2v) is 5.91. The first-order valence-electron chi connectivity index (χ1n) is 8.34. The summed E-state index contributed by atoms with van der Waals surface area (Å²) in [6.07, 6.45) is 2.67. The highest BCUT2D eigenvalue weighted by molar-refractivity contribution is 6.21. The topological polar surface area (TPSA) is 46.6 Å². The van der Waals surface area contributed by atoms with Crippen molar-refractivity contribution in [3.63, 3.8) is 0 Å². The molecule has 1 aliphatic heterocycles. The van der Waals surface area contributed by atoms with E-state index in [0.717, 1.165) is 19.3 Å². The van der Waals surface area contributed by atoms with Gasteiger partial charge < -0.3 is 4.74 Å². The molecular weight excluding hydrogens is 302 g/mol. The summed E-state index contributed by atoms with van der Waals surface area (Å²) in [5.41, 5.74) is 2.21. The molecule has 4 nitrogen and oxygen atoms in total. The minimum absolute atomic E-state index is 0.170. The molecule has 0 aliphatic carbocycles. The van der Waals surface area contributed by atoms with Crippen LogP contribution in [0.2, 0.25) is 0 Å². The molecule has 24 heavy (non-hydrogen) atoms. The lowest BCUT2D eigenvalue weighted by atomic mass is 10.1. The van der Waals surface area contributed by atoms with Gasteiger partial charge in [-0.3, -0.25) is 14.5 Å². The van der Waals surface area contributed by atoms with Crippen molar-refractivity contribution in [2.24, 2.45) is 0 Å². The number of hydrogen-bond acceptors (Lipinski definition) is 3. The molecule has 0 unspecified atom stereocenters. The molecule has 1 heterocycles. The van der Waals surface area contributed by atoms with E-state index in [-0.39, 0.29) is 11.8 Å². The second-order valence-electron chi connectivity index (χ2n) is 5.91. The minimum atomic E-state index is -0.170. The molecule has 0 saturated heterocycles. The molecule has 0 atom stereocenters. The summed E-state index contributed by atoms with van der Waals surface area (Å²) in [5, 5.41) is 0. The zero-order chi connectivity index (χ0) is 16.8. The number of nitrogens with zero attached hydrogens (tertiary/aromatic N) is 1. The summed E-state index contributed by atoms with van der Waals surface area (Å²) in [6.45, 7) is 1.79. The molecule has 4 heteroatoms. The van der Waals surface area contributed by atoms with Gasteiger partial charge in [-0.05, 0) is 37.0 Å². The average Bonchev–Trinajstić information content (AvgIpc) is 2.87. The minimum Gasteiger partial charge on any atom is -0.377 e. The number of hydrogen-bond donors (Lipinski definition) is 0. The van der Waals surface area contributed by atoms with E-state index in [1.165, 1.54) is 10.5 Å². The number of ether oxygens (including phenoxy) is 1. The van der Waals surface area contributed by atoms with Gasteiger partial charge in [0.25, 0.3) is 11.8 Å². The van der Waals surface area contributed by atoms with E-state index in [9.17, 15) is 9.59 Å². The smallest absolute Gasteiger partial charge is 0.261 e. The highest BCUT2D eigenvalue weighted by Crippen LogP contribution is 2.22. The predicted octanol–water partition coefficient (Wildman–Crippen LogP) is 3.67. The van der Waals surface area contributed by atoms with Crippen LogP contribution in [0, 0.1) is 0 Å². The summed E-state index contributed by atoms with van der Waals surface area (Å²) in [6, 6.07) is 17.1. The molecule has 1 aliphatic rings. The van der Waals surface area contributed by atoms with Gasteiger partial charge in [0.2, 0.25) is 0 Å². The predicted molar refractivity (Wildman–Crippen MR) is 91.8 cm³/mol. The largest absolute Gasteiger partial charge is 0.377 e. The van der Waals surface area contributed by atoms with Crippen molar-refractivity contribution < 1.29 is 14.3 Å². The van der Waals surface area contributed by atoms with Gasteiger partial charge in [0.05, 0.1) is 17.7 Å². The third-order valence-corrected chi connectivity index (χ3v) is 4.16. The quantitative estimate of drug-likeness (QED) is 0.550. The van der Waals surface area contributed by atoms with E-state index in [0.29, 0.717) is 30.9 Å². The summed E-state index contributed by atoms with van der Waals surface area (Å²) < 4.78 is 5.64. The summed E-state index contributed by atoms with van der Waals surface area (Å²) >= 11 is 0. The number of carbonyl (C=O) groups excluding carboxylic acids is 2. The number of benzene rings is 2. The maximum Gasteiger partial charge on any atom is 0.261 e. The Bertz CT molecular complexity index is 677. The molecule has 3 rings (SSSR count). The fourth-order valence-electron chi connectivity index (χ4n) is 2.86. The van der Waals surface area contributed by atoms with Crippen molar-refractivity contribution >= 4 is 11.8 Å². The van der Waals surface area contributed by atoms with Gasteiger partial charge in [0, 0.05) is 13.2 Å². The van der Waals surface area contributed by atoms with Crippen LogP contribution in [0.15, 0.2) is 54.6 Å².